The van der Waals surface area contributed by atoms with Crippen LogP contribution in [0.3, 0.4) is 0 Å². The van der Waals surface area contributed by atoms with E-state index in [0.717, 1.165) is 17.8 Å². The van der Waals surface area contributed by atoms with Crippen LogP contribution in [-0.2, 0) is 5.41 Å². The van der Waals surface area contributed by atoms with Crippen LogP contribution in [0.4, 0.5) is 17.1 Å². The smallest absolute Gasteiger partial charge is 0.0476 e. The van der Waals surface area contributed by atoms with Crippen LogP contribution in [0.2, 0.25) is 0 Å². The first-order valence-electron chi connectivity index (χ1n) is 19.3. The van der Waals surface area contributed by atoms with Gasteiger partial charge >= 0.3 is 0 Å². The Kier molecular flexibility index (Phi) is 7.83. The van der Waals surface area contributed by atoms with E-state index in [1.807, 2.05) is 11.3 Å². The van der Waals surface area contributed by atoms with E-state index in [-0.39, 0.29) is 5.41 Å². The molecule has 0 spiro atoms. The number of hydrogen-bond acceptors (Lipinski definition) is 2. The third-order valence-electron chi connectivity index (χ3n) is 12.9. The van der Waals surface area contributed by atoms with E-state index in [9.17, 15) is 0 Å². The number of hydrogen-bond donors (Lipinski definition) is 0. The summed E-state index contributed by atoms with van der Waals surface area (Å²) in [4.78, 5) is 2.49. The average molecular weight is 680 g/mol. The van der Waals surface area contributed by atoms with Gasteiger partial charge in [-0.3, -0.25) is 0 Å². The molecule has 252 valence electrons. The molecule has 0 saturated heterocycles. The van der Waals surface area contributed by atoms with E-state index in [0.29, 0.717) is 0 Å². The normalized spacial score (nSPS) is 21.0. The fraction of sp³-hybridized carbons (Fsp3) is 0.265. The Morgan fingerprint density at radius 2 is 1.24 bits per heavy atom. The maximum Gasteiger partial charge on any atom is 0.0476 e. The van der Waals surface area contributed by atoms with Gasteiger partial charge in [0.1, 0.15) is 0 Å². The van der Waals surface area contributed by atoms with E-state index in [1.165, 1.54) is 123 Å². The molecule has 1 heterocycles. The van der Waals surface area contributed by atoms with Crippen LogP contribution < -0.4 is 4.90 Å². The molecule has 3 aliphatic carbocycles. The van der Waals surface area contributed by atoms with Crippen molar-refractivity contribution in [2.75, 3.05) is 4.90 Å². The SMILES string of the molecule is c1ccc(-c2cccc3sc4cc(N(c5ccc(C6CC7CCC6C7)cc5)c5ccc(C6(c7ccccc7)CCCCC6)cc5)ccc4c23)cc1. The van der Waals surface area contributed by atoms with Crippen LogP contribution >= 0.6 is 11.3 Å². The van der Waals surface area contributed by atoms with E-state index in [2.05, 4.69) is 150 Å². The minimum atomic E-state index is 0.0949. The quantitative estimate of drug-likeness (QED) is 0.162. The van der Waals surface area contributed by atoms with E-state index < -0.39 is 0 Å². The van der Waals surface area contributed by atoms with Gasteiger partial charge in [0.25, 0.3) is 0 Å². The van der Waals surface area contributed by atoms with Gasteiger partial charge < -0.3 is 4.90 Å². The summed E-state index contributed by atoms with van der Waals surface area (Å²) >= 11 is 1.91. The Morgan fingerprint density at radius 1 is 0.549 bits per heavy atom. The van der Waals surface area contributed by atoms with Gasteiger partial charge in [-0.1, -0.05) is 129 Å². The van der Waals surface area contributed by atoms with Gasteiger partial charge in [0.2, 0.25) is 0 Å². The molecule has 1 nitrogen and oxygen atoms in total. The molecule has 0 N–H and O–H groups in total. The zero-order chi connectivity index (χ0) is 33.8. The molecule has 10 rings (SSSR count). The number of thiophene rings is 1. The maximum atomic E-state index is 2.49. The summed E-state index contributed by atoms with van der Waals surface area (Å²) in [6.07, 6.45) is 12.0. The summed E-state index contributed by atoms with van der Waals surface area (Å²) in [5.41, 5.74) is 10.8. The number of fused-ring (bicyclic) bond motifs is 5. The molecule has 2 heteroatoms. The van der Waals surface area contributed by atoms with Crippen molar-refractivity contribution >= 4 is 48.6 Å². The molecule has 0 aliphatic heterocycles. The highest BCUT2D eigenvalue weighted by Crippen LogP contribution is 2.53. The second-order valence-corrected chi connectivity index (χ2v) is 16.7. The number of benzene rings is 6. The van der Waals surface area contributed by atoms with Gasteiger partial charge in [0.05, 0.1) is 0 Å². The first kappa shape index (κ1) is 31.1. The lowest BCUT2D eigenvalue weighted by Gasteiger charge is -2.39. The van der Waals surface area contributed by atoms with Gasteiger partial charge in [-0.05, 0) is 120 Å². The van der Waals surface area contributed by atoms with Crippen molar-refractivity contribution in [3.63, 3.8) is 0 Å². The molecule has 3 atom stereocenters. The summed E-state index contributed by atoms with van der Waals surface area (Å²) in [6, 6.07) is 55.4. The molecule has 7 aromatic rings. The molecule has 51 heavy (non-hydrogen) atoms. The maximum absolute atomic E-state index is 2.49. The number of anilines is 3. The molecule has 3 saturated carbocycles. The topological polar surface area (TPSA) is 3.24 Å². The summed E-state index contributed by atoms with van der Waals surface area (Å²) in [7, 11) is 0. The second kappa shape index (κ2) is 12.8. The third-order valence-corrected chi connectivity index (χ3v) is 14.0. The molecule has 3 unspecified atom stereocenters. The fourth-order valence-electron chi connectivity index (χ4n) is 10.4. The van der Waals surface area contributed by atoms with Crippen molar-refractivity contribution in [1.82, 2.24) is 0 Å². The zero-order valence-corrected chi connectivity index (χ0v) is 30.1. The van der Waals surface area contributed by atoms with Gasteiger partial charge in [-0.2, -0.15) is 0 Å². The average Bonchev–Trinajstić information content (AvgIpc) is 3.95. The summed E-state index contributed by atoms with van der Waals surface area (Å²) in [6.45, 7) is 0. The van der Waals surface area contributed by atoms with Crippen LogP contribution in [0.15, 0.2) is 146 Å². The summed E-state index contributed by atoms with van der Waals surface area (Å²) in [5.74, 6) is 2.58. The molecule has 3 fully saturated rings. The zero-order valence-electron chi connectivity index (χ0n) is 29.3. The molecule has 6 aromatic carbocycles. The summed E-state index contributed by atoms with van der Waals surface area (Å²) < 4.78 is 2.67. The lowest BCUT2D eigenvalue weighted by molar-refractivity contribution is 0.346. The highest BCUT2D eigenvalue weighted by molar-refractivity contribution is 7.26. The monoisotopic (exact) mass is 679 g/mol. The Morgan fingerprint density at radius 3 is 1.94 bits per heavy atom. The van der Waals surface area contributed by atoms with Crippen LogP contribution in [0, 0.1) is 11.8 Å². The van der Waals surface area contributed by atoms with E-state index in [1.54, 1.807) is 0 Å². The van der Waals surface area contributed by atoms with Gasteiger partial charge in [0.15, 0.2) is 0 Å². The largest absolute Gasteiger partial charge is 0.310 e. The van der Waals surface area contributed by atoms with Crippen molar-refractivity contribution in [3.05, 3.63) is 162 Å². The van der Waals surface area contributed by atoms with Crippen molar-refractivity contribution in [2.45, 2.75) is 69.1 Å². The molecular weight excluding hydrogens is 635 g/mol. The highest BCUT2D eigenvalue weighted by Gasteiger charge is 2.40. The van der Waals surface area contributed by atoms with Crippen LogP contribution in [0.5, 0.6) is 0 Å². The Bertz CT molecular complexity index is 2300. The minimum absolute atomic E-state index is 0.0949. The molecule has 3 aliphatic rings. The van der Waals surface area contributed by atoms with E-state index in [4.69, 9.17) is 0 Å². The first-order chi connectivity index (χ1) is 25.2. The van der Waals surface area contributed by atoms with Crippen LogP contribution in [0.25, 0.3) is 31.3 Å². The highest BCUT2D eigenvalue weighted by atomic mass is 32.1. The predicted molar refractivity (Wildman–Crippen MR) is 218 cm³/mol. The van der Waals surface area contributed by atoms with Crippen molar-refractivity contribution in [3.8, 4) is 11.1 Å². The second-order valence-electron chi connectivity index (χ2n) is 15.6. The molecule has 0 radical (unpaired) electrons. The van der Waals surface area contributed by atoms with Crippen molar-refractivity contribution < 1.29 is 0 Å². The Labute approximate surface area is 306 Å². The molecule has 1 aromatic heterocycles. The standard InChI is InChI=1S/C49H45NS/c1-4-11-35(12-5-1)43-15-10-16-46-48(43)44-28-27-42(33-47(44)51-46)50(40-23-19-36(20-24-40)45-32-34-17-18-37(45)31-34)41-25-21-39(22-26-41)49(29-8-3-9-30-49)38-13-6-2-7-14-38/h1-2,4-7,10-16,19-28,33-34,37,45H,3,8-9,17-18,29-32H2. The lowest BCUT2D eigenvalue weighted by atomic mass is 9.65. The van der Waals surface area contributed by atoms with Crippen molar-refractivity contribution in [1.29, 1.82) is 0 Å². The minimum Gasteiger partial charge on any atom is -0.310 e. The van der Waals surface area contributed by atoms with Gasteiger partial charge in [-0.25, -0.2) is 0 Å². The Balaban J connectivity index is 1.07. The lowest BCUT2D eigenvalue weighted by Crippen LogP contribution is -2.30. The third kappa shape index (κ3) is 5.42. The predicted octanol–water partition coefficient (Wildman–Crippen LogP) is 14.3. The van der Waals surface area contributed by atoms with Crippen LogP contribution in [-0.4, -0.2) is 0 Å². The first-order valence-corrected chi connectivity index (χ1v) is 20.1. The Hall–Kier alpha value is -4.66. The molecule has 0 amide bonds. The van der Waals surface area contributed by atoms with Crippen molar-refractivity contribution in [2.24, 2.45) is 11.8 Å². The van der Waals surface area contributed by atoms with Gasteiger partial charge in [0, 0.05) is 42.6 Å². The fourth-order valence-corrected chi connectivity index (χ4v) is 11.5. The molecular formula is C49H45NS. The number of nitrogens with zero attached hydrogens (tertiary/aromatic N) is 1. The molecule has 2 bridgehead atoms. The van der Waals surface area contributed by atoms with Crippen LogP contribution in [0.1, 0.15) is 80.4 Å². The summed E-state index contributed by atoms with van der Waals surface area (Å²) in [5, 5.41) is 2.70. The van der Waals surface area contributed by atoms with Gasteiger partial charge in [-0.15, -0.1) is 11.3 Å². The van der Waals surface area contributed by atoms with E-state index >= 15 is 0 Å². The number of rotatable bonds is 7.